The van der Waals surface area contributed by atoms with Crippen LogP contribution >= 0.6 is 22.9 Å². The standard InChI is InChI=1S/C10H11ClN2O3S/c1-10(6-2-3-7(11)17-6)5(16-9(12)15)4-8(14)13-10/h2-3,5H,4H2,1H3,(H2,12,15)(H,13,14)/t5-,10-/m0/s1. The molecule has 2 amide bonds. The van der Waals surface area contributed by atoms with E-state index in [1.165, 1.54) is 11.3 Å². The third-order valence-corrected chi connectivity index (χ3v) is 4.23. The molecule has 0 unspecified atom stereocenters. The van der Waals surface area contributed by atoms with Gasteiger partial charge in [0, 0.05) is 4.88 Å². The molecule has 0 spiro atoms. The highest BCUT2D eigenvalue weighted by Crippen LogP contribution is 2.38. The molecule has 2 rings (SSSR count). The van der Waals surface area contributed by atoms with E-state index < -0.39 is 17.7 Å². The first kappa shape index (κ1) is 12.2. The predicted molar refractivity (Wildman–Crippen MR) is 63.9 cm³/mol. The number of primary amides is 1. The van der Waals surface area contributed by atoms with E-state index in [2.05, 4.69) is 5.32 Å². The van der Waals surface area contributed by atoms with Gasteiger partial charge in [-0.05, 0) is 19.1 Å². The maximum Gasteiger partial charge on any atom is 0.404 e. The second-order valence-electron chi connectivity index (χ2n) is 3.98. The highest BCUT2D eigenvalue weighted by Gasteiger charge is 2.47. The van der Waals surface area contributed by atoms with E-state index in [0.29, 0.717) is 4.34 Å². The zero-order valence-electron chi connectivity index (χ0n) is 9.03. The minimum Gasteiger partial charge on any atom is -0.443 e. The molecule has 2 heterocycles. The van der Waals surface area contributed by atoms with Crippen LogP contribution in [0.2, 0.25) is 4.34 Å². The molecule has 1 fully saturated rings. The molecule has 1 saturated heterocycles. The first-order valence-electron chi connectivity index (χ1n) is 4.95. The van der Waals surface area contributed by atoms with Crippen LogP contribution in [0.3, 0.4) is 0 Å². The van der Waals surface area contributed by atoms with Crippen molar-refractivity contribution in [3.8, 4) is 0 Å². The summed E-state index contributed by atoms with van der Waals surface area (Å²) in [5.74, 6) is -0.178. The maximum absolute atomic E-state index is 11.5. The summed E-state index contributed by atoms with van der Waals surface area (Å²) in [6.45, 7) is 1.79. The number of rotatable bonds is 2. The van der Waals surface area contributed by atoms with Gasteiger partial charge in [0.15, 0.2) is 0 Å². The predicted octanol–water partition coefficient (Wildman–Crippen LogP) is 1.60. The van der Waals surface area contributed by atoms with Gasteiger partial charge >= 0.3 is 6.09 Å². The summed E-state index contributed by atoms with van der Waals surface area (Å²) >= 11 is 7.20. The summed E-state index contributed by atoms with van der Waals surface area (Å²) in [5.41, 5.74) is 4.24. The van der Waals surface area contributed by atoms with E-state index in [0.717, 1.165) is 4.88 Å². The van der Waals surface area contributed by atoms with Crippen molar-refractivity contribution in [2.45, 2.75) is 25.0 Å². The smallest absolute Gasteiger partial charge is 0.404 e. The highest BCUT2D eigenvalue weighted by atomic mass is 35.5. The molecule has 1 aliphatic heterocycles. The van der Waals surface area contributed by atoms with Gasteiger partial charge in [0.05, 0.1) is 10.8 Å². The summed E-state index contributed by atoms with van der Waals surface area (Å²) in [4.78, 5) is 23.1. The molecular weight excluding hydrogens is 264 g/mol. The van der Waals surface area contributed by atoms with Crippen LogP contribution in [0.5, 0.6) is 0 Å². The van der Waals surface area contributed by atoms with Crippen molar-refractivity contribution in [3.63, 3.8) is 0 Å². The quantitative estimate of drug-likeness (QED) is 0.859. The lowest BCUT2D eigenvalue weighted by atomic mass is 9.95. The summed E-state index contributed by atoms with van der Waals surface area (Å²) in [6, 6.07) is 3.54. The van der Waals surface area contributed by atoms with Crippen LogP contribution < -0.4 is 11.1 Å². The van der Waals surface area contributed by atoms with Crippen LogP contribution in [0.15, 0.2) is 12.1 Å². The minimum absolute atomic E-state index is 0.106. The number of carbonyl (C=O) groups is 2. The third kappa shape index (κ3) is 2.23. The maximum atomic E-state index is 11.5. The second-order valence-corrected chi connectivity index (χ2v) is 5.70. The van der Waals surface area contributed by atoms with Crippen LogP contribution in [0.4, 0.5) is 4.79 Å². The Bertz CT molecular complexity index is 476. The second kappa shape index (κ2) is 4.19. The van der Waals surface area contributed by atoms with E-state index in [1.54, 1.807) is 19.1 Å². The number of halogens is 1. The number of hydrogen-bond donors (Lipinski definition) is 2. The van der Waals surface area contributed by atoms with Gasteiger partial charge < -0.3 is 15.8 Å². The number of hydrogen-bond acceptors (Lipinski definition) is 4. The van der Waals surface area contributed by atoms with Crippen LogP contribution in [0.25, 0.3) is 0 Å². The van der Waals surface area contributed by atoms with Crippen molar-refractivity contribution in [2.75, 3.05) is 0 Å². The van der Waals surface area contributed by atoms with Gasteiger partial charge in [-0.3, -0.25) is 4.79 Å². The van der Waals surface area contributed by atoms with Gasteiger partial charge in [0.1, 0.15) is 11.6 Å². The molecule has 3 N–H and O–H groups in total. The first-order valence-corrected chi connectivity index (χ1v) is 6.14. The molecule has 0 radical (unpaired) electrons. The van der Waals surface area contributed by atoms with Gasteiger partial charge in [-0.15, -0.1) is 11.3 Å². The van der Waals surface area contributed by atoms with Crippen LogP contribution in [-0.4, -0.2) is 18.1 Å². The van der Waals surface area contributed by atoms with Crippen molar-refractivity contribution in [1.82, 2.24) is 5.32 Å². The fourth-order valence-corrected chi connectivity index (χ4v) is 3.10. The number of thiophene rings is 1. The largest absolute Gasteiger partial charge is 0.443 e. The molecule has 7 heteroatoms. The zero-order valence-corrected chi connectivity index (χ0v) is 10.6. The van der Waals surface area contributed by atoms with Crippen molar-refractivity contribution >= 4 is 34.9 Å². The van der Waals surface area contributed by atoms with Gasteiger partial charge in [-0.1, -0.05) is 11.6 Å². The number of nitrogens with two attached hydrogens (primary N) is 1. The minimum atomic E-state index is -0.889. The zero-order chi connectivity index (χ0) is 12.6. The number of ether oxygens (including phenoxy) is 1. The summed E-state index contributed by atoms with van der Waals surface area (Å²) in [5, 5.41) is 2.80. The van der Waals surface area contributed by atoms with E-state index >= 15 is 0 Å². The molecule has 1 aromatic rings. The number of nitrogens with one attached hydrogen (secondary N) is 1. The average molecular weight is 275 g/mol. The van der Waals surface area contributed by atoms with Crippen molar-refractivity contribution in [2.24, 2.45) is 5.73 Å². The number of amides is 2. The van der Waals surface area contributed by atoms with Gasteiger partial charge in [-0.25, -0.2) is 4.79 Å². The van der Waals surface area contributed by atoms with E-state index in [1.807, 2.05) is 0 Å². The molecule has 92 valence electrons. The highest BCUT2D eigenvalue weighted by molar-refractivity contribution is 7.16. The Labute approximate surface area is 107 Å². The molecular formula is C10H11ClN2O3S. The molecule has 0 aliphatic carbocycles. The van der Waals surface area contributed by atoms with E-state index in [4.69, 9.17) is 22.1 Å². The fraction of sp³-hybridized carbons (Fsp3) is 0.400. The van der Waals surface area contributed by atoms with Crippen LogP contribution in [0, 0.1) is 0 Å². The molecule has 2 atom stereocenters. The monoisotopic (exact) mass is 274 g/mol. The SMILES string of the molecule is C[C@]1(c2ccc(Cl)s2)NC(=O)C[C@@H]1OC(N)=O. The molecule has 5 nitrogen and oxygen atoms in total. The van der Waals surface area contributed by atoms with Crippen molar-refractivity contribution in [3.05, 3.63) is 21.3 Å². The lowest BCUT2D eigenvalue weighted by Gasteiger charge is -2.28. The molecule has 17 heavy (non-hydrogen) atoms. The van der Waals surface area contributed by atoms with Gasteiger partial charge in [0.25, 0.3) is 0 Å². The van der Waals surface area contributed by atoms with Crippen LogP contribution in [0.1, 0.15) is 18.2 Å². The van der Waals surface area contributed by atoms with Crippen molar-refractivity contribution in [1.29, 1.82) is 0 Å². The Hall–Kier alpha value is -1.27. The third-order valence-electron chi connectivity index (χ3n) is 2.76. The lowest BCUT2D eigenvalue weighted by molar-refractivity contribution is -0.119. The fourth-order valence-electron chi connectivity index (χ4n) is 1.91. The Kier molecular flexibility index (Phi) is 3.01. The van der Waals surface area contributed by atoms with E-state index in [-0.39, 0.29) is 12.3 Å². The topological polar surface area (TPSA) is 81.4 Å². The Morgan fingerprint density at radius 1 is 1.71 bits per heavy atom. The van der Waals surface area contributed by atoms with Crippen molar-refractivity contribution < 1.29 is 14.3 Å². The van der Waals surface area contributed by atoms with Crippen LogP contribution in [-0.2, 0) is 15.1 Å². The molecule has 0 aromatic carbocycles. The molecule has 1 aliphatic rings. The number of carbonyl (C=O) groups excluding carboxylic acids is 2. The van der Waals surface area contributed by atoms with Gasteiger partial charge in [-0.2, -0.15) is 0 Å². The summed E-state index contributed by atoms with van der Waals surface area (Å²) in [7, 11) is 0. The Morgan fingerprint density at radius 2 is 2.41 bits per heavy atom. The van der Waals surface area contributed by atoms with E-state index in [9.17, 15) is 9.59 Å². The molecule has 0 saturated carbocycles. The summed E-state index contributed by atoms with van der Waals surface area (Å²) in [6.07, 6.45) is -1.39. The first-order chi connectivity index (χ1) is 7.91. The Balaban J connectivity index is 2.32. The summed E-state index contributed by atoms with van der Waals surface area (Å²) < 4.78 is 5.59. The molecule has 0 bridgehead atoms. The molecule has 1 aromatic heterocycles. The average Bonchev–Trinajstić information content (AvgIpc) is 2.72. The Morgan fingerprint density at radius 3 is 2.94 bits per heavy atom. The van der Waals surface area contributed by atoms with Gasteiger partial charge in [0.2, 0.25) is 5.91 Å². The lowest BCUT2D eigenvalue weighted by Crippen LogP contribution is -2.44. The normalized spacial score (nSPS) is 27.9.